The topological polar surface area (TPSA) is 53.4 Å². The van der Waals surface area contributed by atoms with Crippen molar-refractivity contribution in [3.63, 3.8) is 0 Å². The summed E-state index contributed by atoms with van der Waals surface area (Å²) in [7, 11) is 0. The standard InChI is InChI=1S/C17H20N2O2/c1-11-7-8-19(12(2)9-11)16-10-15(17(20)21)18-14-6-4-3-5-13(14)16/h3-6,10-12H,7-9H2,1-2H3,(H,20,21). The van der Waals surface area contributed by atoms with Gasteiger partial charge in [-0.25, -0.2) is 9.78 Å². The van der Waals surface area contributed by atoms with E-state index >= 15 is 0 Å². The largest absolute Gasteiger partial charge is 0.477 e. The van der Waals surface area contributed by atoms with E-state index in [1.165, 1.54) is 0 Å². The zero-order valence-corrected chi connectivity index (χ0v) is 12.4. The van der Waals surface area contributed by atoms with Crippen LogP contribution in [0.15, 0.2) is 30.3 Å². The van der Waals surface area contributed by atoms with Crippen LogP contribution < -0.4 is 4.90 Å². The second-order valence-corrected chi connectivity index (χ2v) is 6.02. The number of aromatic carboxylic acids is 1. The smallest absolute Gasteiger partial charge is 0.354 e. The molecular weight excluding hydrogens is 264 g/mol. The molecule has 0 bridgehead atoms. The highest BCUT2D eigenvalue weighted by Crippen LogP contribution is 2.33. The number of pyridine rings is 1. The van der Waals surface area contributed by atoms with Crippen molar-refractivity contribution in [3.05, 3.63) is 36.0 Å². The lowest BCUT2D eigenvalue weighted by molar-refractivity contribution is 0.0691. The van der Waals surface area contributed by atoms with Crippen molar-refractivity contribution in [2.75, 3.05) is 11.4 Å². The molecule has 1 aromatic heterocycles. The first kappa shape index (κ1) is 13.9. The number of carboxylic acid groups (broad SMARTS) is 1. The lowest BCUT2D eigenvalue weighted by atomic mass is 9.92. The van der Waals surface area contributed by atoms with Crippen LogP contribution in [0.5, 0.6) is 0 Å². The van der Waals surface area contributed by atoms with Gasteiger partial charge in [0.1, 0.15) is 0 Å². The maximum Gasteiger partial charge on any atom is 0.354 e. The number of hydrogen-bond donors (Lipinski definition) is 1. The first-order valence-electron chi connectivity index (χ1n) is 7.46. The summed E-state index contributed by atoms with van der Waals surface area (Å²) in [6, 6.07) is 9.91. The minimum absolute atomic E-state index is 0.120. The van der Waals surface area contributed by atoms with Crippen molar-refractivity contribution >= 4 is 22.6 Å². The second kappa shape index (κ2) is 5.35. The molecule has 1 saturated heterocycles. The van der Waals surface area contributed by atoms with Gasteiger partial charge in [0.15, 0.2) is 5.69 Å². The summed E-state index contributed by atoms with van der Waals surface area (Å²) in [4.78, 5) is 17.9. The average molecular weight is 284 g/mol. The average Bonchev–Trinajstić information content (AvgIpc) is 2.46. The fourth-order valence-electron chi connectivity index (χ4n) is 3.27. The molecule has 2 atom stereocenters. The van der Waals surface area contributed by atoms with E-state index in [9.17, 15) is 9.90 Å². The van der Waals surface area contributed by atoms with E-state index < -0.39 is 5.97 Å². The highest BCUT2D eigenvalue weighted by Gasteiger charge is 2.25. The van der Waals surface area contributed by atoms with Crippen molar-refractivity contribution in [3.8, 4) is 0 Å². The molecule has 0 amide bonds. The molecule has 1 fully saturated rings. The quantitative estimate of drug-likeness (QED) is 0.916. The number of para-hydroxylation sites is 1. The maximum absolute atomic E-state index is 11.3. The Balaban J connectivity index is 2.14. The van der Waals surface area contributed by atoms with Crippen LogP contribution in [0.4, 0.5) is 5.69 Å². The van der Waals surface area contributed by atoms with Crippen molar-refractivity contribution in [2.45, 2.75) is 32.7 Å². The van der Waals surface area contributed by atoms with Crippen molar-refractivity contribution in [1.29, 1.82) is 0 Å². The molecule has 110 valence electrons. The van der Waals surface area contributed by atoms with E-state index in [0.29, 0.717) is 6.04 Å². The number of anilines is 1. The Bertz CT molecular complexity index is 684. The van der Waals surface area contributed by atoms with Gasteiger partial charge in [-0.15, -0.1) is 0 Å². The lowest BCUT2D eigenvalue weighted by Crippen LogP contribution is -2.40. The molecule has 2 unspecified atom stereocenters. The summed E-state index contributed by atoms with van der Waals surface area (Å²) >= 11 is 0. The third kappa shape index (κ3) is 2.58. The van der Waals surface area contributed by atoms with Crippen LogP contribution in [0.3, 0.4) is 0 Å². The zero-order chi connectivity index (χ0) is 15.0. The third-order valence-corrected chi connectivity index (χ3v) is 4.36. The van der Waals surface area contributed by atoms with E-state index in [1.807, 2.05) is 24.3 Å². The summed E-state index contributed by atoms with van der Waals surface area (Å²) in [5.74, 6) is -0.247. The molecule has 0 saturated carbocycles. The molecule has 2 heterocycles. The monoisotopic (exact) mass is 284 g/mol. The van der Waals surface area contributed by atoms with Crippen LogP contribution in [0.1, 0.15) is 37.2 Å². The van der Waals surface area contributed by atoms with Gasteiger partial charge in [0, 0.05) is 23.7 Å². The first-order chi connectivity index (χ1) is 10.1. The fourth-order valence-corrected chi connectivity index (χ4v) is 3.27. The molecule has 0 radical (unpaired) electrons. The Kier molecular flexibility index (Phi) is 3.53. The molecular formula is C17H20N2O2. The minimum atomic E-state index is -0.972. The number of fused-ring (bicyclic) bond motifs is 1. The summed E-state index contributed by atoms with van der Waals surface area (Å²) < 4.78 is 0. The maximum atomic E-state index is 11.3. The molecule has 4 nitrogen and oxygen atoms in total. The molecule has 0 spiro atoms. The Hall–Kier alpha value is -2.10. The molecule has 1 N–H and O–H groups in total. The Morgan fingerprint density at radius 3 is 2.81 bits per heavy atom. The molecule has 0 aliphatic carbocycles. The van der Waals surface area contributed by atoms with Gasteiger partial charge in [-0.2, -0.15) is 0 Å². The SMILES string of the molecule is CC1CCN(c2cc(C(=O)O)nc3ccccc23)C(C)C1. The number of hydrogen-bond acceptors (Lipinski definition) is 3. The van der Waals surface area contributed by atoms with Gasteiger partial charge in [0.25, 0.3) is 0 Å². The van der Waals surface area contributed by atoms with Crippen LogP contribution in [-0.4, -0.2) is 28.6 Å². The molecule has 3 rings (SSSR count). The van der Waals surface area contributed by atoms with Gasteiger partial charge in [0.05, 0.1) is 5.52 Å². The van der Waals surface area contributed by atoms with Crippen LogP contribution >= 0.6 is 0 Å². The lowest BCUT2D eigenvalue weighted by Gasteiger charge is -2.39. The number of aromatic nitrogens is 1. The number of carboxylic acids is 1. The highest BCUT2D eigenvalue weighted by atomic mass is 16.4. The van der Waals surface area contributed by atoms with E-state index in [1.54, 1.807) is 6.07 Å². The predicted octanol–water partition coefficient (Wildman–Crippen LogP) is 3.56. The Morgan fingerprint density at radius 1 is 1.33 bits per heavy atom. The van der Waals surface area contributed by atoms with Crippen LogP contribution in [0, 0.1) is 5.92 Å². The summed E-state index contributed by atoms with van der Waals surface area (Å²) in [6.45, 7) is 5.46. The molecule has 1 aromatic carbocycles. The Labute approximate surface area is 124 Å². The summed E-state index contributed by atoms with van der Waals surface area (Å²) in [5, 5.41) is 10.3. The van der Waals surface area contributed by atoms with Gasteiger partial charge in [-0.1, -0.05) is 25.1 Å². The molecule has 1 aliphatic rings. The van der Waals surface area contributed by atoms with E-state index in [2.05, 4.69) is 23.7 Å². The molecule has 21 heavy (non-hydrogen) atoms. The van der Waals surface area contributed by atoms with E-state index in [0.717, 1.165) is 41.9 Å². The highest BCUT2D eigenvalue weighted by molar-refractivity contribution is 5.97. The van der Waals surface area contributed by atoms with Gasteiger partial charge >= 0.3 is 5.97 Å². The third-order valence-electron chi connectivity index (χ3n) is 4.36. The number of benzene rings is 1. The summed E-state index contributed by atoms with van der Waals surface area (Å²) in [6.07, 6.45) is 2.28. The van der Waals surface area contributed by atoms with Gasteiger partial charge in [-0.3, -0.25) is 0 Å². The summed E-state index contributed by atoms with van der Waals surface area (Å²) in [5.41, 5.74) is 1.87. The van der Waals surface area contributed by atoms with Gasteiger partial charge < -0.3 is 10.0 Å². The van der Waals surface area contributed by atoms with Crippen molar-refractivity contribution < 1.29 is 9.90 Å². The van der Waals surface area contributed by atoms with Crippen LogP contribution in [-0.2, 0) is 0 Å². The minimum Gasteiger partial charge on any atom is -0.477 e. The van der Waals surface area contributed by atoms with Gasteiger partial charge in [-0.05, 0) is 37.8 Å². The molecule has 2 aromatic rings. The first-order valence-corrected chi connectivity index (χ1v) is 7.46. The Morgan fingerprint density at radius 2 is 2.10 bits per heavy atom. The van der Waals surface area contributed by atoms with Crippen molar-refractivity contribution in [1.82, 2.24) is 4.98 Å². The van der Waals surface area contributed by atoms with Gasteiger partial charge in [0.2, 0.25) is 0 Å². The zero-order valence-electron chi connectivity index (χ0n) is 12.4. The van der Waals surface area contributed by atoms with Crippen LogP contribution in [0.25, 0.3) is 10.9 Å². The second-order valence-electron chi connectivity index (χ2n) is 6.02. The van der Waals surface area contributed by atoms with E-state index in [-0.39, 0.29) is 5.69 Å². The number of carbonyl (C=O) groups is 1. The van der Waals surface area contributed by atoms with E-state index in [4.69, 9.17) is 0 Å². The van der Waals surface area contributed by atoms with Crippen LogP contribution in [0.2, 0.25) is 0 Å². The fraction of sp³-hybridized carbons (Fsp3) is 0.412. The van der Waals surface area contributed by atoms with Crippen molar-refractivity contribution in [2.24, 2.45) is 5.92 Å². The number of nitrogens with zero attached hydrogens (tertiary/aromatic N) is 2. The normalized spacial score (nSPS) is 22.5. The molecule has 1 aliphatic heterocycles. The number of rotatable bonds is 2. The predicted molar refractivity (Wildman–Crippen MR) is 83.9 cm³/mol. The molecule has 4 heteroatoms. The number of piperidine rings is 1.